The van der Waals surface area contributed by atoms with Crippen molar-refractivity contribution in [3.05, 3.63) is 48.2 Å². The molecule has 0 fully saturated rings. The van der Waals surface area contributed by atoms with Gasteiger partial charge in [0.25, 0.3) is 0 Å². The monoisotopic (exact) mass is 315 g/mol. The summed E-state index contributed by atoms with van der Waals surface area (Å²) in [7, 11) is 0. The number of amides is 1. The van der Waals surface area contributed by atoms with Crippen molar-refractivity contribution in [1.29, 1.82) is 0 Å². The van der Waals surface area contributed by atoms with Crippen molar-refractivity contribution in [3.63, 3.8) is 0 Å². The molecule has 22 heavy (non-hydrogen) atoms. The van der Waals surface area contributed by atoms with Crippen molar-refractivity contribution in [2.75, 3.05) is 12.5 Å². The number of hydrogen-bond acceptors (Lipinski definition) is 6. The van der Waals surface area contributed by atoms with Gasteiger partial charge in [0.1, 0.15) is 0 Å². The molecule has 0 aliphatic carbocycles. The molecule has 112 valence electrons. The first kappa shape index (κ1) is 14.4. The van der Waals surface area contributed by atoms with Crippen molar-refractivity contribution in [2.45, 2.75) is 5.03 Å². The van der Waals surface area contributed by atoms with Gasteiger partial charge in [0.2, 0.25) is 12.7 Å². The minimum atomic E-state index is -0.187. The minimum absolute atomic E-state index is 0.187. The largest absolute Gasteiger partial charge is 0.454 e. The summed E-state index contributed by atoms with van der Waals surface area (Å²) in [6, 6.07) is 11.0. The molecule has 0 unspecified atom stereocenters. The van der Waals surface area contributed by atoms with Crippen LogP contribution in [0.25, 0.3) is 0 Å². The number of nitrogens with one attached hydrogen (secondary N) is 1. The molecule has 1 N–H and O–H groups in total. The Kier molecular flexibility index (Phi) is 4.55. The van der Waals surface area contributed by atoms with Crippen LogP contribution in [-0.4, -0.2) is 29.7 Å². The van der Waals surface area contributed by atoms with Crippen LogP contribution in [0.15, 0.2) is 52.7 Å². The molecule has 0 bridgehead atoms. The Hall–Kier alpha value is -2.54. The van der Waals surface area contributed by atoms with Gasteiger partial charge < -0.3 is 9.47 Å². The van der Waals surface area contributed by atoms with Gasteiger partial charge in [-0.25, -0.2) is 10.4 Å². The summed E-state index contributed by atoms with van der Waals surface area (Å²) >= 11 is 1.36. The van der Waals surface area contributed by atoms with E-state index in [2.05, 4.69) is 15.5 Å². The summed E-state index contributed by atoms with van der Waals surface area (Å²) in [5.41, 5.74) is 3.30. The molecule has 1 aliphatic heterocycles. The van der Waals surface area contributed by atoms with E-state index in [1.807, 2.05) is 30.3 Å². The molecule has 2 heterocycles. The van der Waals surface area contributed by atoms with Gasteiger partial charge in [0, 0.05) is 6.20 Å². The maximum atomic E-state index is 11.7. The maximum absolute atomic E-state index is 11.7. The predicted molar refractivity (Wildman–Crippen MR) is 83.3 cm³/mol. The molecule has 0 saturated carbocycles. The van der Waals surface area contributed by atoms with E-state index >= 15 is 0 Å². The second-order valence-corrected chi connectivity index (χ2v) is 5.36. The topological polar surface area (TPSA) is 72.8 Å². The van der Waals surface area contributed by atoms with Gasteiger partial charge in [0.15, 0.2) is 11.5 Å². The van der Waals surface area contributed by atoms with Gasteiger partial charge >= 0.3 is 0 Å². The number of rotatable bonds is 5. The number of carbonyl (C=O) groups is 1. The molecule has 1 aliphatic rings. The van der Waals surface area contributed by atoms with Crippen molar-refractivity contribution < 1.29 is 14.3 Å². The SMILES string of the molecule is O=C(CSc1ccccn1)N/N=C\c1ccc2c(c1)OCO2. The highest BCUT2D eigenvalue weighted by molar-refractivity contribution is 7.99. The molecule has 0 atom stereocenters. The van der Waals surface area contributed by atoms with Crippen LogP contribution < -0.4 is 14.9 Å². The Morgan fingerprint density at radius 2 is 2.23 bits per heavy atom. The average molecular weight is 315 g/mol. The molecule has 0 spiro atoms. The van der Waals surface area contributed by atoms with E-state index in [1.54, 1.807) is 18.5 Å². The van der Waals surface area contributed by atoms with Gasteiger partial charge in [-0.2, -0.15) is 5.10 Å². The molecular weight excluding hydrogens is 302 g/mol. The van der Waals surface area contributed by atoms with Crippen LogP contribution in [0.5, 0.6) is 11.5 Å². The maximum Gasteiger partial charge on any atom is 0.250 e. The van der Waals surface area contributed by atoms with Gasteiger partial charge in [-0.3, -0.25) is 4.79 Å². The molecule has 3 rings (SSSR count). The molecule has 1 aromatic heterocycles. The van der Waals surface area contributed by atoms with E-state index in [9.17, 15) is 4.79 Å². The zero-order valence-electron chi connectivity index (χ0n) is 11.6. The van der Waals surface area contributed by atoms with E-state index in [4.69, 9.17) is 9.47 Å². The molecule has 1 amide bonds. The Balaban J connectivity index is 1.48. The smallest absolute Gasteiger partial charge is 0.250 e. The number of ether oxygens (including phenoxy) is 2. The van der Waals surface area contributed by atoms with E-state index in [1.165, 1.54) is 11.8 Å². The Labute approximate surface area is 131 Å². The van der Waals surface area contributed by atoms with E-state index in [-0.39, 0.29) is 18.5 Å². The first-order chi connectivity index (χ1) is 10.8. The summed E-state index contributed by atoms with van der Waals surface area (Å²) in [6.07, 6.45) is 3.25. The van der Waals surface area contributed by atoms with Crippen molar-refractivity contribution in [1.82, 2.24) is 10.4 Å². The Morgan fingerprint density at radius 1 is 1.32 bits per heavy atom. The van der Waals surface area contributed by atoms with Gasteiger partial charge in [-0.15, -0.1) is 0 Å². The number of benzene rings is 1. The van der Waals surface area contributed by atoms with Crippen molar-refractivity contribution in [2.24, 2.45) is 5.10 Å². The lowest BCUT2D eigenvalue weighted by atomic mass is 10.2. The predicted octanol–water partition coefficient (Wildman–Crippen LogP) is 2.05. The summed E-state index contributed by atoms with van der Waals surface area (Å²) in [5.74, 6) is 1.47. The van der Waals surface area contributed by atoms with Gasteiger partial charge in [-0.05, 0) is 35.9 Å². The fourth-order valence-corrected chi connectivity index (χ4v) is 2.43. The van der Waals surface area contributed by atoms with Crippen LogP contribution in [0.4, 0.5) is 0 Å². The molecule has 7 heteroatoms. The Bertz CT molecular complexity index is 692. The normalized spacial score (nSPS) is 12.5. The minimum Gasteiger partial charge on any atom is -0.454 e. The number of aromatic nitrogens is 1. The van der Waals surface area contributed by atoms with Crippen LogP contribution in [0.3, 0.4) is 0 Å². The summed E-state index contributed by atoms with van der Waals surface area (Å²) in [5, 5.41) is 4.73. The summed E-state index contributed by atoms with van der Waals surface area (Å²) < 4.78 is 10.5. The molecular formula is C15H13N3O3S. The van der Waals surface area contributed by atoms with Gasteiger partial charge in [-0.1, -0.05) is 17.8 Å². The highest BCUT2D eigenvalue weighted by atomic mass is 32.2. The van der Waals surface area contributed by atoms with E-state index < -0.39 is 0 Å². The lowest BCUT2D eigenvalue weighted by molar-refractivity contribution is -0.118. The molecule has 0 radical (unpaired) electrons. The number of nitrogens with zero attached hydrogens (tertiary/aromatic N) is 2. The van der Waals surface area contributed by atoms with Crippen LogP contribution in [-0.2, 0) is 4.79 Å². The number of hydrogen-bond donors (Lipinski definition) is 1. The third-order valence-electron chi connectivity index (χ3n) is 2.79. The third kappa shape index (κ3) is 3.76. The summed E-state index contributed by atoms with van der Waals surface area (Å²) in [4.78, 5) is 15.8. The third-order valence-corrected chi connectivity index (χ3v) is 3.73. The van der Waals surface area contributed by atoms with Crippen LogP contribution in [0.1, 0.15) is 5.56 Å². The van der Waals surface area contributed by atoms with Crippen molar-refractivity contribution in [3.8, 4) is 11.5 Å². The number of fused-ring (bicyclic) bond motifs is 1. The van der Waals surface area contributed by atoms with Crippen LogP contribution >= 0.6 is 11.8 Å². The van der Waals surface area contributed by atoms with Gasteiger partial charge in [0.05, 0.1) is 17.0 Å². The fraction of sp³-hybridized carbons (Fsp3) is 0.133. The van der Waals surface area contributed by atoms with Crippen LogP contribution in [0.2, 0.25) is 0 Å². The molecule has 1 aromatic carbocycles. The summed E-state index contributed by atoms with van der Waals surface area (Å²) in [6.45, 7) is 0.234. The lowest BCUT2D eigenvalue weighted by Gasteiger charge is -2.00. The number of carbonyl (C=O) groups excluding carboxylic acids is 1. The van der Waals surface area contributed by atoms with Crippen molar-refractivity contribution >= 4 is 23.9 Å². The molecule has 0 saturated heterocycles. The highest BCUT2D eigenvalue weighted by Crippen LogP contribution is 2.31. The number of pyridine rings is 1. The zero-order valence-corrected chi connectivity index (χ0v) is 12.4. The molecule has 6 nitrogen and oxygen atoms in total. The first-order valence-electron chi connectivity index (χ1n) is 6.57. The lowest BCUT2D eigenvalue weighted by Crippen LogP contribution is -2.19. The Morgan fingerprint density at radius 3 is 3.09 bits per heavy atom. The standard InChI is InChI=1S/C15H13N3O3S/c19-14(9-22-15-3-1-2-6-16-15)18-17-8-11-4-5-12-13(7-11)21-10-20-12/h1-8H,9-10H2,(H,18,19)/b17-8-. The first-order valence-corrected chi connectivity index (χ1v) is 7.55. The highest BCUT2D eigenvalue weighted by Gasteiger charge is 2.12. The van der Waals surface area contributed by atoms with E-state index in [0.717, 1.165) is 10.6 Å². The fourth-order valence-electron chi connectivity index (χ4n) is 1.78. The number of thioether (sulfide) groups is 1. The van der Waals surface area contributed by atoms with E-state index in [0.29, 0.717) is 11.5 Å². The van der Waals surface area contributed by atoms with Crippen LogP contribution in [0, 0.1) is 0 Å². The average Bonchev–Trinajstić information content (AvgIpc) is 3.02. The zero-order chi connectivity index (χ0) is 15.2. The number of hydrazone groups is 1. The molecule has 2 aromatic rings. The quantitative estimate of drug-likeness (QED) is 0.519. The second kappa shape index (κ2) is 6.95. The second-order valence-electron chi connectivity index (χ2n) is 4.36.